The Bertz CT molecular complexity index is 949. The van der Waals surface area contributed by atoms with Crippen molar-refractivity contribution in [1.82, 2.24) is 15.3 Å². The van der Waals surface area contributed by atoms with Crippen molar-refractivity contribution < 1.29 is 4.79 Å². The van der Waals surface area contributed by atoms with Crippen LogP contribution in [0, 0.1) is 6.92 Å². The van der Waals surface area contributed by atoms with Crippen molar-refractivity contribution in [3.8, 4) is 0 Å². The summed E-state index contributed by atoms with van der Waals surface area (Å²) in [7, 11) is 0. The summed E-state index contributed by atoms with van der Waals surface area (Å²) in [4.78, 5) is 31.3. The summed E-state index contributed by atoms with van der Waals surface area (Å²) in [5.41, 5.74) is 2.18. The van der Waals surface area contributed by atoms with Crippen LogP contribution >= 0.6 is 11.6 Å². The van der Waals surface area contributed by atoms with Gasteiger partial charge in [0.15, 0.2) is 0 Å². The lowest BCUT2D eigenvalue weighted by atomic mass is 10.1. The highest BCUT2D eigenvalue weighted by atomic mass is 35.5. The zero-order valence-electron chi connectivity index (χ0n) is 13.1. The Morgan fingerprint density at radius 1 is 1.25 bits per heavy atom. The van der Waals surface area contributed by atoms with Crippen LogP contribution in [0.3, 0.4) is 0 Å². The second-order valence-corrected chi connectivity index (χ2v) is 5.94. The van der Waals surface area contributed by atoms with Crippen molar-refractivity contribution in [2.75, 3.05) is 6.54 Å². The number of H-pyrrole nitrogens is 1. The first-order valence-corrected chi connectivity index (χ1v) is 7.93. The number of nitrogens with one attached hydrogen (secondary N) is 2. The van der Waals surface area contributed by atoms with Gasteiger partial charge in [-0.1, -0.05) is 23.7 Å². The summed E-state index contributed by atoms with van der Waals surface area (Å²) < 4.78 is 0. The first kappa shape index (κ1) is 16.2. The van der Waals surface area contributed by atoms with Gasteiger partial charge in [-0.05, 0) is 43.2 Å². The Labute approximate surface area is 143 Å². The molecule has 0 atom stereocenters. The number of aromatic nitrogens is 2. The van der Waals surface area contributed by atoms with Crippen LogP contribution in [0.4, 0.5) is 0 Å². The molecule has 2 N–H and O–H groups in total. The first-order chi connectivity index (χ1) is 11.5. The second kappa shape index (κ2) is 6.84. The molecule has 3 rings (SSSR count). The number of nitrogens with zero attached hydrogens (tertiary/aromatic N) is 1. The van der Waals surface area contributed by atoms with Gasteiger partial charge in [0.2, 0.25) is 0 Å². The van der Waals surface area contributed by atoms with Crippen LogP contribution in [0.25, 0.3) is 10.9 Å². The molecule has 24 heavy (non-hydrogen) atoms. The highest BCUT2D eigenvalue weighted by Crippen LogP contribution is 2.13. The Balaban J connectivity index is 1.74. The molecule has 0 radical (unpaired) electrons. The molecule has 1 aromatic carbocycles. The van der Waals surface area contributed by atoms with Crippen LogP contribution in [0.15, 0.2) is 47.4 Å². The molecule has 0 saturated carbocycles. The summed E-state index contributed by atoms with van der Waals surface area (Å²) in [6.07, 6.45) is 2.29. The summed E-state index contributed by atoms with van der Waals surface area (Å²) in [5, 5.41) is 4.21. The monoisotopic (exact) mass is 341 g/mol. The third-order valence-electron chi connectivity index (χ3n) is 3.83. The molecule has 0 aliphatic heterocycles. The first-order valence-electron chi connectivity index (χ1n) is 7.56. The second-order valence-electron chi connectivity index (χ2n) is 5.50. The maximum atomic E-state index is 12.3. The maximum Gasteiger partial charge on any atom is 0.261 e. The third-order valence-corrected chi connectivity index (χ3v) is 4.08. The zero-order valence-corrected chi connectivity index (χ0v) is 13.9. The zero-order chi connectivity index (χ0) is 17.1. The van der Waals surface area contributed by atoms with E-state index in [1.165, 1.54) is 0 Å². The lowest BCUT2D eigenvalue weighted by Crippen LogP contribution is -2.31. The molecule has 122 valence electrons. The Morgan fingerprint density at radius 3 is 2.75 bits per heavy atom. The Kier molecular flexibility index (Phi) is 4.62. The fraction of sp³-hybridized carbons (Fsp3) is 0.167. The number of amides is 1. The van der Waals surface area contributed by atoms with Crippen LogP contribution in [-0.4, -0.2) is 22.4 Å². The van der Waals surface area contributed by atoms with E-state index in [0.717, 1.165) is 16.6 Å². The van der Waals surface area contributed by atoms with E-state index in [9.17, 15) is 9.59 Å². The highest BCUT2D eigenvalue weighted by Gasteiger charge is 2.12. The number of fused-ring (bicyclic) bond motifs is 1. The normalized spacial score (nSPS) is 10.8. The number of carbonyl (C=O) groups is 1. The number of hydrogen-bond acceptors (Lipinski definition) is 3. The largest absolute Gasteiger partial charge is 0.352 e. The number of hydrogen-bond donors (Lipinski definition) is 2. The summed E-state index contributed by atoms with van der Waals surface area (Å²) in [5.74, 6) is -0.393. The SMILES string of the molecule is Cc1nccc2[nH]c(=O)c(C(=O)NCCc3ccc(Cl)cc3)cc12. The molecule has 3 aromatic rings. The topological polar surface area (TPSA) is 74.8 Å². The van der Waals surface area contributed by atoms with E-state index < -0.39 is 11.5 Å². The minimum Gasteiger partial charge on any atom is -0.352 e. The lowest BCUT2D eigenvalue weighted by Gasteiger charge is -2.07. The van der Waals surface area contributed by atoms with Crippen molar-refractivity contribution in [3.63, 3.8) is 0 Å². The van der Waals surface area contributed by atoms with Gasteiger partial charge in [0.25, 0.3) is 11.5 Å². The van der Waals surface area contributed by atoms with Gasteiger partial charge < -0.3 is 10.3 Å². The summed E-state index contributed by atoms with van der Waals surface area (Å²) in [6.45, 7) is 2.27. The van der Waals surface area contributed by atoms with Gasteiger partial charge in [-0.25, -0.2) is 0 Å². The number of rotatable bonds is 4. The van der Waals surface area contributed by atoms with E-state index in [-0.39, 0.29) is 5.56 Å². The minimum atomic E-state index is -0.405. The molecular formula is C18H16ClN3O2. The van der Waals surface area contributed by atoms with Gasteiger partial charge in [0.05, 0.1) is 5.52 Å². The average molecular weight is 342 g/mol. The van der Waals surface area contributed by atoms with Crippen molar-refractivity contribution >= 4 is 28.4 Å². The fourth-order valence-corrected chi connectivity index (χ4v) is 2.63. The molecule has 0 aliphatic rings. The molecule has 0 unspecified atom stereocenters. The Hall–Kier alpha value is -2.66. The third kappa shape index (κ3) is 3.46. The number of halogens is 1. The molecule has 0 bridgehead atoms. The van der Waals surface area contributed by atoms with Gasteiger partial charge in [-0.15, -0.1) is 0 Å². The van der Waals surface area contributed by atoms with Crippen LogP contribution in [0.2, 0.25) is 5.02 Å². The predicted molar refractivity (Wildman–Crippen MR) is 94.6 cm³/mol. The summed E-state index contributed by atoms with van der Waals surface area (Å²) >= 11 is 5.84. The highest BCUT2D eigenvalue weighted by molar-refractivity contribution is 6.30. The smallest absolute Gasteiger partial charge is 0.261 e. The van der Waals surface area contributed by atoms with E-state index in [2.05, 4.69) is 15.3 Å². The van der Waals surface area contributed by atoms with Crippen LogP contribution in [0.5, 0.6) is 0 Å². The van der Waals surface area contributed by atoms with Crippen molar-refractivity contribution in [1.29, 1.82) is 0 Å². The molecule has 1 amide bonds. The van der Waals surface area contributed by atoms with Crippen molar-refractivity contribution in [2.24, 2.45) is 0 Å². The summed E-state index contributed by atoms with van der Waals surface area (Å²) in [6, 6.07) is 10.7. The van der Waals surface area contributed by atoms with E-state index in [0.29, 0.717) is 23.5 Å². The Morgan fingerprint density at radius 2 is 2.00 bits per heavy atom. The number of benzene rings is 1. The maximum absolute atomic E-state index is 12.3. The quantitative estimate of drug-likeness (QED) is 0.766. The standard InChI is InChI=1S/C18H16ClN3O2/c1-11-14-10-15(18(24)22-16(14)7-9-20-11)17(23)21-8-6-12-2-4-13(19)5-3-12/h2-5,7,9-10H,6,8H2,1H3,(H,21,23)(H,22,24). The van der Waals surface area contributed by atoms with Crippen molar-refractivity contribution in [3.05, 3.63) is 74.8 Å². The fourth-order valence-electron chi connectivity index (χ4n) is 2.50. The molecule has 0 spiro atoms. The molecule has 0 aliphatic carbocycles. The number of carbonyl (C=O) groups excluding carboxylic acids is 1. The average Bonchev–Trinajstić information content (AvgIpc) is 2.56. The number of pyridine rings is 2. The molecule has 0 saturated heterocycles. The van der Waals surface area contributed by atoms with Crippen LogP contribution < -0.4 is 10.9 Å². The van der Waals surface area contributed by atoms with Gasteiger partial charge in [0.1, 0.15) is 5.56 Å². The van der Waals surface area contributed by atoms with Gasteiger partial charge in [0, 0.05) is 28.8 Å². The molecule has 5 nitrogen and oxygen atoms in total. The number of aryl methyl sites for hydroxylation is 1. The van der Waals surface area contributed by atoms with Crippen LogP contribution in [0.1, 0.15) is 21.6 Å². The van der Waals surface area contributed by atoms with Crippen LogP contribution in [-0.2, 0) is 6.42 Å². The lowest BCUT2D eigenvalue weighted by molar-refractivity contribution is 0.0953. The van der Waals surface area contributed by atoms with Gasteiger partial charge >= 0.3 is 0 Å². The molecule has 6 heteroatoms. The molecule has 2 heterocycles. The predicted octanol–water partition coefficient (Wildman–Crippen LogP) is 2.86. The van der Waals surface area contributed by atoms with E-state index in [1.807, 2.05) is 31.2 Å². The number of aromatic amines is 1. The van der Waals surface area contributed by atoms with E-state index in [4.69, 9.17) is 11.6 Å². The van der Waals surface area contributed by atoms with Gasteiger partial charge in [-0.3, -0.25) is 14.6 Å². The molecule has 2 aromatic heterocycles. The van der Waals surface area contributed by atoms with E-state index in [1.54, 1.807) is 18.3 Å². The van der Waals surface area contributed by atoms with Gasteiger partial charge in [-0.2, -0.15) is 0 Å². The molecule has 0 fully saturated rings. The minimum absolute atomic E-state index is 0.0923. The molecular weight excluding hydrogens is 326 g/mol. The van der Waals surface area contributed by atoms with E-state index >= 15 is 0 Å². The van der Waals surface area contributed by atoms with Crippen molar-refractivity contribution in [2.45, 2.75) is 13.3 Å².